The molecule has 1 aliphatic heterocycles. The molecule has 2 atom stereocenters. The fourth-order valence-electron chi connectivity index (χ4n) is 4.17. The number of carbonyl (C=O) groups excluding carboxylic acids is 1. The summed E-state index contributed by atoms with van der Waals surface area (Å²) in [5, 5.41) is 10.3. The zero-order valence-corrected chi connectivity index (χ0v) is 18.1. The molecule has 1 fully saturated rings. The second kappa shape index (κ2) is 9.30. The number of hydrogen-bond acceptors (Lipinski definition) is 4. The van der Waals surface area contributed by atoms with Crippen molar-refractivity contribution in [3.8, 4) is 0 Å². The molecule has 0 saturated carbocycles. The van der Waals surface area contributed by atoms with E-state index in [1.54, 1.807) is 18.3 Å². The van der Waals surface area contributed by atoms with Crippen molar-refractivity contribution in [1.82, 2.24) is 19.5 Å². The van der Waals surface area contributed by atoms with Gasteiger partial charge in [-0.2, -0.15) is 0 Å². The molecule has 2 amide bonds. The summed E-state index contributed by atoms with van der Waals surface area (Å²) in [4.78, 5) is 25.2. The van der Waals surface area contributed by atoms with E-state index in [1.807, 2.05) is 60.7 Å². The highest BCUT2D eigenvalue weighted by molar-refractivity contribution is 5.89. The number of carbonyl (C=O) groups is 1. The van der Waals surface area contributed by atoms with Gasteiger partial charge in [-0.05, 0) is 48.2 Å². The van der Waals surface area contributed by atoms with Crippen LogP contribution in [0.2, 0.25) is 0 Å². The molecule has 2 unspecified atom stereocenters. The molecule has 168 valence electrons. The highest BCUT2D eigenvalue weighted by atomic mass is 16.5. The minimum Gasteiger partial charge on any atom is -0.373 e. The van der Waals surface area contributed by atoms with E-state index in [4.69, 9.17) is 4.74 Å². The average molecular weight is 444 g/mol. The van der Waals surface area contributed by atoms with Gasteiger partial charge in [-0.25, -0.2) is 14.3 Å². The molecule has 2 aromatic carbocycles. The second-order valence-electron chi connectivity index (χ2n) is 8.16. The lowest BCUT2D eigenvalue weighted by molar-refractivity contribution is 0.00254. The van der Waals surface area contributed by atoms with E-state index in [0.29, 0.717) is 24.5 Å². The van der Waals surface area contributed by atoms with Gasteiger partial charge < -0.3 is 15.4 Å². The predicted octanol–water partition coefficient (Wildman–Crippen LogP) is 3.59. The molecule has 3 heterocycles. The van der Waals surface area contributed by atoms with Crippen LogP contribution in [0.5, 0.6) is 0 Å². The first kappa shape index (κ1) is 21.0. The molecule has 0 bridgehead atoms. The molecule has 8 nitrogen and oxygen atoms in total. The van der Waals surface area contributed by atoms with E-state index < -0.39 is 0 Å². The Morgan fingerprint density at radius 3 is 2.76 bits per heavy atom. The van der Waals surface area contributed by atoms with Crippen molar-refractivity contribution < 1.29 is 9.53 Å². The van der Waals surface area contributed by atoms with Gasteiger partial charge in [0, 0.05) is 24.5 Å². The minimum absolute atomic E-state index is 0.0164. The van der Waals surface area contributed by atoms with Crippen LogP contribution >= 0.6 is 0 Å². The number of aromatic nitrogens is 3. The number of hydrogen-bond donors (Lipinski definition) is 2. The number of benzene rings is 2. The second-order valence-corrected chi connectivity index (χ2v) is 8.16. The molecule has 1 saturated heterocycles. The number of nitrogens with zero attached hydrogens (tertiary/aromatic N) is 3. The van der Waals surface area contributed by atoms with Gasteiger partial charge >= 0.3 is 11.7 Å². The lowest BCUT2D eigenvalue weighted by Gasteiger charge is -2.30. The summed E-state index contributed by atoms with van der Waals surface area (Å²) in [6.45, 7) is 0.921. The predicted molar refractivity (Wildman–Crippen MR) is 125 cm³/mol. The normalized spacial score (nSPS) is 18.2. The van der Waals surface area contributed by atoms with Gasteiger partial charge in [0.2, 0.25) is 0 Å². The van der Waals surface area contributed by atoms with Crippen molar-refractivity contribution in [1.29, 1.82) is 0 Å². The smallest absolute Gasteiger partial charge is 0.350 e. The maximum absolute atomic E-state index is 12.6. The number of urea groups is 1. The Bertz CT molecular complexity index is 1310. The van der Waals surface area contributed by atoms with Gasteiger partial charge in [0.25, 0.3) is 0 Å². The molecule has 2 N–H and O–H groups in total. The number of rotatable bonds is 5. The van der Waals surface area contributed by atoms with Crippen LogP contribution in [-0.2, 0) is 11.3 Å². The maximum atomic E-state index is 12.6. The molecule has 0 radical (unpaired) electrons. The van der Waals surface area contributed by atoms with Gasteiger partial charge in [0.05, 0.1) is 12.6 Å². The van der Waals surface area contributed by atoms with E-state index in [9.17, 15) is 9.59 Å². The third-order valence-electron chi connectivity index (χ3n) is 5.80. The summed E-state index contributed by atoms with van der Waals surface area (Å²) >= 11 is 0. The molecule has 1 aliphatic rings. The maximum Gasteiger partial charge on any atom is 0.350 e. The Morgan fingerprint density at radius 2 is 1.91 bits per heavy atom. The monoisotopic (exact) mass is 443 g/mol. The first-order chi connectivity index (χ1) is 16.2. The van der Waals surface area contributed by atoms with Crippen molar-refractivity contribution in [2.75, 3.05) is 11.9 Å². The van der Waals surface area contributed by atoms with Gasteiger partial charge in [-0.1, -0.05) is 48.5 Å². The molecule has 4 aromatic rings. The fraction of sp³-hybridized carbons (Fsp3) is 0.240. The minimum atomic E-state index is -0.254. The number of fused-ring (bicyclic) bond motifs is 1. The van der Waals surface area contributed by atoms with E-state index in [1.165, 1.54) is 9.08 Å². The van der Waals surface area contributed by atoms with Gasteiger partial charge in [-0.15, -0.1) is 5.10 Å². The van der Waals surface area contributed by atoms with Crippen LogP contribution in [0.15, 0.2) is 83.8 Å². The van der Waals surface area contributed by atoms with Crippen LogP contribution in [0.25, 0.3) is 5.65 Å². The number of amides is 2. The van der Waals surface area contributed by atoms with Crippen LogP contribution in [0.1, 0.15) is 30.1 Å². The lowest BCUT2D eigenvalue weighted by Crippen LogP contribution is -2.42. The summed E-state index contributed by atoms with van der Waals surface area (Å²) < 4.78 is 8.81. The summed E-state index contributed by atoms with van der Waals surface area (Å²) in [5.74, 6) is 0. The first-order valence-corrected chi connectivity index (χ1v) is 11.0. The number of pyridine rings is 1. The number of anilines is 1. The summed E-state index contributed by atoms with van der Waals surface area (Å²) in [6, 6.07) is 22.7. The summed E-state index contributed by atoms with van der Waals surface area (Å²) in [5.41, 5.74) is 3.05. The molecule has 0 aliphatic carbocycles. The van der Waals surface area contributed by atoms with Crippen LogP contribution in [0, 0.1) is 0 Å². The SMILES string of the molecule is O=C(Nc1cccc(Cn2nc3ccccn3c2=O)c1)NC1CCOC(c2ccccc2)C1. The first-order valence-electron chi connectivity index (χ1n) is 11.0. The van der Waals surface area contributed by atoms with Crippen molar-refractivity contribution in [2.45, 2.75) is 31.5 Å². The zero-order valence-electron chi connectivity index (χ0n) is 18.1. The highest BCUT2D eigenvalue weighted by Gasteiger charge is 2.25. The quantitative estimate of drug-likeness (QED) is 0.493. The molecular formula is C25H25N5O3. The van der Waals surface area contributed by atoms with E-state index in [-0.39, 0.29) is 23.9 Å². The van der Waals surface area contributed by atoms with Crippen LogP contribution in [-0.4, -0.2) is 32.9 Å². The van der Waals surface area contributed by atoms with Crippen LogP contribution < -0.4 is 16.3 Å². The summed E-state index contributed by atoms with van der Waals surface area (Å²) in [6.07, 6.45) is 3.18. The summed E-state index contributed by atoms with van der Waals surface area (Å²) in [7, 11) is 0. The van der Waals surface area contributed by atoms with Gasteiger partial charge in [0.1, 0.15) is 0 Å². The van der Waals surface area contributed by atoms with Crippen LogP contribution in [0.4, 0.5) is 10.5 Å². The zero-order chi connectivity index (χ0) is 22.6. The van der Waals surface area contributed by atoms with Crippen molar-refractivity contribution >= 4 is 17.4 Å². The van der Waals surface area contributed by atoms with E-state index in [0.717, 1.165) is 24.0 Å². The molecule has 0 spiro atoms. The van der Waals surface area contributed by atoms with E-state index in [2.05, 4.69) is 15.7 Å². The Morgan fingerprint density at radius 1 is 1.06 bits per heavy atom. The Balaban J connectivity index is 1.22. The lowest BCUT2D eigenvalue weighted by atomic mass is 9.97. The standard InChI is InChI=1S/C25H25N5O3/c31-24(27-21-12-14-33-22(16-21)19-8-2-1-3-9-19)26-20-10-6-7-18(15-20)17-30-25(32)29-13-5-4-11-23(29)28-30/h1-11,13,15,21-22H,12,14,16-17H2,(H2,26,27,31). The van der Waals surface area contributed by atoms with E-state index >= 15 is 0 Å². The van der Waals surface area contributed by atoms with Crippen molar-refractivity contribution in [2.24, 2.45) is 0 Å². The largest absolute Gasteiger partial charge is 0.373 e. The molecular weight excluding hydrogens is 418 g/mol. The van der Waals surface area contributed by atoms with Gasteiger partial charge in [0.15, 0.2) is 5.65 Å². The third-order valence-corrected chi connectivity index (χ3v) is 5.80. The topological polar surface area (TPSA) is 89.7 Å². The Kier molecular flexibility index (Phi) is 5.91. The fourth-order valence-corrected chi connectivity index (χ4v) is 4.17. The number of ether oxygens (including phenoxy) is 1. The highest BCUT2D eigenvalue weighted by Crippen LogP contribution is 2.28. The molecule has 8 heteroatoms. The Hall–Kier alpha value is -3.91. The third kappa shape index (κ3) is 4.80. The number of nitrogens with one attached hydrogen (secondary N) is 2. The van der Waals surface area contributed by atoms with Crippen LogP contribution in [0.3, 0.4) is 0 Å². The van der Waals surface area contributed by atoms with Gasteiger partial charge in [-0.3, -0.25) is 4.40 Å². The van der Waals surface area contributed by atoms with Crippen molar-refractivity contribution in [3.63, 3.8) is 0 Å². The Labute approximate surface area is 190 Å². The molecule has 33 heavy (non-hydrogen) atoms. The molecule has 5 rings (SSSR count). The average Bonchev–Trinajstić information content (AvgIpc) is 3.15. The molecule has 2 aromatic heterocycles. The van der Waals surface area contributed by atoms with Crippen molar-refractivity contribution in [3.05, 3.63) is 101 Å².